The number of hydrogen-bond donors (Lipinski definition) is 0. The molecular weight excluding hydrogens is 538 g/mol. The van der Waals surface area contributed by atoms with Crippen molar-refractivity contribution in [2.75, 3.05) is 13.2 Å². The Balaban J connectivity index is 0.000000291. The highest BCUT2D eigenvalue weighted by Gasteiger charge is 2.33. The smallest absolute Gasteiger partial charge is 0.349 e. The summed E-state index contributed by atoms with van der Waals surface area (Å²) < 4.78 is 22.1. The number of oxazole rings is 2. The van der Waals surface area contributed by atoms with Crippen molar-refractivity contribution in [2.45, 2.75) is 87.4 Å². The predicted octanol–water partition coefficient (Wildman–Crippen LogP) is 8.19. The molecule has 0 aliphatic carbocycles. The molecule has 3 aromatic heterocycles. The summed E-state index contributed by atoms with van der Waals surface area (Å²) in [6.07, 6.45) is 7.82. The summed E-state index contributed by atoms with van der Waals surface area (Å²) in [6.45, 7) is 23.7. The van der Waals surface area contributed by atoms with Crippen LogP contribution in [-0.4, -0.2) is 39.6 Å². The van der Waals surface area contributed by atoms with E-state index in [0.717, 1.165) is 52.9 Å². The second-order valence-electron chi connectivity index (χ2n) is 9.88. The topological polar surface area (TPSA) is 90.8 Å². The first-order chi connectivity index (χ1) is 19.5. The Hall–Kier alpha value is -3.43. The fourth-order valence-corrected chi connectivity index (χ4v) is 4.63. The average molecular weight is 584 g/mol. The van der Waals surface area contributed by atoms with Gasteiger partial charge >= 0.3 is 5.97 Å². The Labute approximate surface area is 248 Å². The summed E-state index contributed by atoms with van der Waals surface area (Å²) in [5.74, 6) is 2.63. The lowest BCUT2D eigenvalue weighted by molar-refractivity contribution is -0.163. The normalized spacial score (nSPS) is 12.5. The summed E-state index contributed by atoms with van der Waals surface area (Å²) in [6, 6.07) is 4.14. The molecule has 0 spiro atoms. The van der Waals surface area contributed by atoms with Crippen molar-refractivity contribution in [2.24, 2.45) is 0 Å². The van der Waals surface area contributed by atoms with Crippen molar-refractivity contribution >= 4 is 17.3 Å². The molecule has 3 rings (SSSR count). The zero-order chi connectivity index (χ0) is 30.6. The minimum absolute atomic E-state index is 0.343. The van der Waals surface area contributed by atoms with E-state index in [2.05, 4.69) is 47.4 Å². The van der Waals surface area contributed by atoms with Gasteiger partial charge in [-0.2, -0.15) is 0 Å². The van der Waals surface area contributed by atoms with Crippen molar-refractivity contribution in [1.29, 1.82) is 0 Å². The van der Waals surface area contributed by atoms with E-state index in [1.54, 1.807) is 50.6 Å². The molecule has 0 aromatic carbocycles. The van der Waals surface area contributed by atoms with Gasteiger partial charge < -0.3 is 18.3 Å². The van der Waals surface area contributed by atoms with Crippen LogP contribution < -0.4 is 0 Å². The number of aromatic nitrogens is 2. The van der Waals surface area contributed by atoms with E-state index in [1.165, 1.54) is 4.88 Å². The highest BCUT2D eigenvalue weighted by molar-refractivity contribution is 7.15. The third-order valence-corrected chi connectivity index (χ3v) is 7.30. The fourth-order valence-electron chi connectivity index (χ4n) is 3.83. The lowest BCUT2D eigenvalue weighted by atomic mass is 10.0. The number of carbonyl (C=O) groups excluding carboxylic acids is 1. The van der Waals surface area contributed by atoms with Gasteiger partial charge in [0.15, 0.2) is 5.60 Å². The van der Waals surface area contributed by atoms with Crippen molar-refractivity contribution in [3.05, 3.63) is 82.5 Å². The predicted molar refractivity (Wildman–Crippen MR) is 164 cm³/mol. The molecule has 0 atom stereocenters. The zero-order valence-corrected chi connectivity index (χ0v) is 26.8. The highest BCUT2D eigenvalue weighted by atomic mass is 32.1. The molecule has 0 bridgehead atoms. The molecule has 8 nitrogen and oxygen atoms in total. The third-order valence-electron chi connectivity index (χ3n) is 6.32. The number of allylic oxidation sites excluding steroid dienone is 4. The molecule has 41 heavy (non-hydrogen) atoms. The molecule has 0 aliphatic heterocycles. The van der Waals surface area contributed by atoms with Gasteiger partial charge in [0.25, 0.3) is 0 Å². The van der Waals surface area contributed by atoms with Crippen molar-refractivity contribution in [3.63, 3.8) is 0 Å². The van der Waals surface area contributed by atoms with E-state index in [4.69, 9.17) is 18.3 Å². The number of ether oxygens (including phenoxy) is 2. The molecule has 0 amide bonds. The van der Waals surface area contributed by atoms with Gasteiger partial charge in [-0.1, -0.05) is 32.6 Å². The number of rotatable bonds is 13. The van der Waals surface area contributed by atoms with Gasteiger partial charge in [0.1, 0.15) is 17.8 Å². The first kappa shape index (κ1) is 33.8. The molecule has 224 valence electrons. The Morgan fingerprint density at radius 3 is 2.44 bits per heavy atom. The van der Waals surface area contributed by atoms with Gasteiger partial charge in [-0.15, -0.1) is 11.3 Å². The van der Waals surface area contributed by atoms with Crippen LogP contribution in [0, 0.1) is 13.8 Å². The van der Waals surface area contributed by atoms with Crippen LogP contribution in [0.2, 0.25) is 0 Å². The van der Waals surface area contributed by atoms with Crippen LogP contribution in [0.15, 0.2) is 69.1 Å². The first-order valence-corrected chi connectivity index (χ1v) is 14.8. The van der Waals surface area contributed by atoms with Gasteiger partial charge in [-0.25, -0.2) is 14.8 Å². The number of thiophene rings is 1. The quantitative estimate of drug-likeness (QED) is 0.113. The summed E-state index contributed by atoms with van der Waals surface area (Å²) in [5, 5.41) is 0. The lowest BCUT2D eigenvalue weighted by Crippen LogP contribution is -2.37. The first-order valence-electron chi connectivity index (χ1n) is 14.0. The van der Waals surface area contributed by atoms with E-state index in [1.807, 2.05) is 33.8 Å². The Morgan fingerprint density at radius 1 is 1.20 bits per heavy atom. The minimum atomic E-state index is -1.01. The van der Waals surface area contributed by atoms with E-state index in [9.17, 15) is 4.79 Å². The molecule has 3 aromatic rings. The largest absolute Gasteiger partial charge is 0.476 e. The summed E-state index contributed by atoms with van der Waals surface area (Å²) in [7, 11) is 0. The highest BCUT2D eigenvalue weighted by Crippen LogP contribution is 2.29. The zero-order valence-electron chi connectivity index (χ0n) is 26.0. The number of esters is 1. The molecule has 3 heterocycles. The van der Waals surface area contributed by atoms with E-state index < -0.39 is 5.60 Å². The Bertz CT molecular complexity index is 1310. The van der Waals surface area contributed by atoms with E-state index in [0.29, 0.717) is 24.8 Å². The maximum Gasteiger partial charge on any atom is 0.349 e. The van der Waals surface area contributed by atoms with Gasteiger partial charge in [-0.05, 0) is 84.7 Å². The summed E-state index contributed by atoms with van der Waals surface area (Å²) in [5.41, 5.74) is 1.91. The fraction of sp³-hybridized carbons (Fsp3) is 0.469. The van der Waals surface area contributed by atoms with Crippen molar-refractivity contribution < 1.29 is 23.1 Å². The number of carbonyl (C=O) groups is 1. The molecule has 0 N–H and O–H groups in total. The monoisotopic (exact) mass is 583 g/mol. The molecule has 0 radical (unpaired) electrons. The van der Waals surface area contributed by atoms with Crippen LogP contribution in [0.3, 0.4) is 0 Å². The van der Waals surface area contributed by atoms with Gasteiger partial charge in [0.2, 0.25) is 11.8 Å². The second-order valence-corrected chi connectivity index (χ2v) is 11.2. The number of nitrogens with zero attached hydrogens (tertiary/aromatic N) is 3. The maximum absolute atomic E-state index is 11.9. The molecule has 0 unspecified atom stereocenters. The molecule has 0 fully saturated rings. The van der Waals surface area contributed by atoms with Crippen LogP contribution in [0.1, 0.15) is 77.1 Å². The van der Waals surface area contributed by atoms with Crippen LogP contribution in [0.25, 0.3) is 10.8 Å². The standard InChI is InChI=1S/C16H19N3O2S.C16H26O3/c1-4-19(10-15-17-7-8-20-15)9-13-12(3)21-16(18-13)14-6-5-11(2)22-14;1-8-12(5)14(13(9-2)10-3)19-16(6,7)15(17)18-11-4/h5-8H,4,9-10H2,1-3H3;8-9H,1,10-11H2,2-7H3/b;13-9-,14-12+. The van der Waals surface area contributed by atoms with Gasteiger partial charge in [0, 0.05) is 11.4 Å². The molecular formula is C32H45N3O5S. The van der Waals surface area contributed by atoms with E-state index in [-0.39, 0.29) is 5.97 Å². The van der Waals surface area contributed by atoms with E-state index >= 15 is 0 Å². The third kappa shape index (κ3) is 9.86. The molecule has 0 saturated carbocycles. The summed E-state index contributed by atoms with van der Waals surface area (Å²) >= 11 is 1.70. The summed E-state index contributed by atoms with van der Waals surface area (Å²) in [4.78, 5) is 25.3. The average Bonchev–Trinajstić information content (AvgIpc) is 3.70. The van der Waals surface area contributed by atoms with Crippen molar-refractivity contribution in [3.8, 4) is 10.8 Å². The SMILES string of the molecule is C=C/C(C)=C(OC(C)(C)C(=O)OCC)\C(=C/C)CC.CCN(Cc1ncco1)Cc1nc(-c2ccc(C)s2)oc1C. The minimum Gasteiger partial charge on any atom is -0.476 e. The van der Waals surface area contributed by atoms with Crippen LogP contribution >= 0.6 is 11.3 Å². The maximum atomic E-state index is 11.9. The van der Waals surface area contributed by atoms with Gasteiger partial charge in [0.05, 0.1) is 29.9 Å². The molecule has 0 aliphatic rings. The Kier molecular flexibility index (Phi) is 13.3. The second kappa shape index (κ2) is 16.1. The molecule has 0 saturated heterocycles. The number of aryl methyl sites for hydroxylation is 2. The Morgan fingerprint density at radius 2 is 1.93 bits per heavy atom. The van der Waals surface area contributed by atoms with Gasteiger partial charge in [-0.3, -0.25) is 4.90 Å². The van der Waals surface area contributed by atoms with Crippen LogP contribution in [-0.2, 0) is 27.4 Å². The number of hydrogen-bond acceptors (Lipinski definition) is 9. The van der Waals surface area contributed by atoms with Crippen LogP contribution in [0.4, 0.5) is 0 Å². The lowest BCUT2D eigenvalue weighted by Gasteiger charge is -2.27. The van der Waals surface area contributed by atoms with Crippen molar-refractivity contribution in [1.82, 2.24) is 14.9 Å². The van der Waals surface area contributed by atoms with Crippen LogP contribution in [0.5, 0.6) is 0 Å². The molecule has 9 heteroatoms.